The summed E-state index contributed by atoms with van der Waals surface area (Å²) in [6.45, 7) is 4.01. The number of rotatable bonds is 1. The highest BCUT2D eigenvalue weighted by molar-refractivity contribution is 7.09. The Balaban J connectivity index is 2.77. The van der Waals surface area contributed by atoms with Crippen LogP contribution in [0.4, 0.5) is 8.78 Å². The van der Waals surface area contributed by atoms with Gasteiger partial charge in [0.05, 0.1) is 5.01 Å². The number of nitrogens with zero attached hydrogens (tertiary/aromatic N) is 1. The second-order valence-electron chi connectivity index (χ2n) is 2.80. The van der Waals surface area contributed by atoms with Crippen molar-refractivity contribution in [2.24, 2.45) is 0 Å². The van der Waals surface area contributed by atoms with Crippen molar-refractivity contribution < 1.29 is 8.78 Å². The van der Waals surface area contributed by atoms with Crippen LogP contribution in [0.15, 0.2) is 5.38 Å². The third-order valence-corrected chi connectivity index (χ3v) is 2.47. The van der Waals surface area contributed by atoms with E-state index in [1.807, 2.05) is 13.8 Å². The molecule has 0 unspecified atom stereocenters. The Morgan fingerprint density at radius 1 is 1.46 bits per heavy atom. The van der Waals surface area contributed by atoms with Crippen LogP contribution in [0.2, 0.25) is 0 Å². The molecule has 0 aromatic carbocycles. The summed E-state index contributed by atoms with van der Waals surface area (Å²) in [6, 6.07) is 0. The molecule has 13 heavy (non-hydrogen) atoms. The Morgan fingerprint density at radius 3 is 2.62 bits per heavy atom. The maximum Gasteiger partial charge on any atom is 0.299 e. The van der Waals surface area contributed by atoms with Gasteiger partial charge in [0.1, 0.15) is 5.69 Å². The number of hydrogen-bond donors (Lipinski definition) is 0. The predicted octanol–water partition coefficient (Wildman–Crippen LogP) is 2.88. The van der Waals surface area contributed by atoms with Crippen molar-refractivity contribution in [1.82, 2.24) is 4.98 Å². The van der Waals surface area contributed by atoms with E-state index in [1.165, 1.54) is 11.3 Å². The van der Waals surface area contributed by atoms with Crippen molar-refractivity contribution in [2.75, 3.05) is 0 Å². The zero-order valence-corrected chi connectivity index (χ0v) is 8.16. The van der Waals surface area contributed by atoms with Crippen molar-refractivity contribution in [3.63, 3.8) is 0 Å². The molecule has 1 aromatic rings. The molecule has 0 aliphatic carbocycles. The van der Waals surface area contributed by atoms with E-state index in [2.05, 4.69) is 10.9 Å². The van der Waals surface area contributed by atoms with Gasteiger partial charge in [-0.1, -0.05) is 13.8 Å². The molecule has 0 bridgehead atoms. The molecule has 1 aromatic heterocycles. The van der Waals surface area contributed by atoms with E-state index in [-0.39, 0.29) is 0 Å². The molecule has 0 saturated carbocycles. The van der Waals surface area contributed by atoms with Crippen LogP contribution >= 0.6 is 11.3 Å². The molecule has 4 heteroatoms. The minimum absolute atomic E-state index is 0.326. The SMILES string of the molecule is CC(C)c1nc(C#CC(F)F)cs1. The van der Waals surface area contributed by atoms with Gasteiger partial charge in [0.15, 0.2) is 0 Å². The summed E-state index contributed by atoms with van der Waals surface area (Å²) < 4.78 is 23.4. The Morgan fingerprint density at radius 2 is 2.15 bits per heavy atom. The molecule has 70 valence electrons. The molecule has 0 amide bonds. The molecule has 0 atom stereocenters. The first-order valence-corrected chi connectivity index (χ1v) is 4.72. The summed E-state index contributed by atoms with van der Waals surface area (Å²) in [5, 5.41) is 2.63. The lowest BCUT2D eigenvalue weighted by Gasteiger charge is -1.94. The largest absolute Gasteiger partial charge is 0.299 e. The smallest absolute Gasteiger partial charge is 0.232 e. The van der Waals surface area contributed by atoms with Crippen molar-refractivity contribution in [3.8, 4) is 11.8 Å². The quantitative estimate of drug-likeness (QED) is 0.637. The van der Waals surface area contributed by atoms with Gasteiger partial charge in [0.2, 0.25) is 0 Å². The summed E-state index contributed by atoms with van der Waals surface area (Å²) in [6.07, 6.45) is -2.58. The summed E-state index contributed by atoms with van der Waals surface area (Å²) in [5.74, 6) is 4.42. The van der Waals surface area contributed by atoms with E-state index < -0.39 is 6.43 Å². The zero-order valence-electron chi connectivity index (χ0n) is 7.34. The van der Waals surface area contributed by atoms with Crippen molar-refractivity contribution >= 4 is 11.3 Å². The number of halogens is 2. The van der Waals surface area contributed by atoms with E-state index in [0.717, 1.165) is 5.01 Å². The van der Waals surface area contributed by atoms with Crippen LogP contribution in [0.3, 0.4) is 0 Å². The summed E-state index contributed by atoms with van der Waals surface area (Å²) in [4.78, 5) is 4.09. The molecular formula is C9H9F2NS. The first-order valence-electron chi connectivity index (χ1n) is 3.84. The topological polar surface area (TPSA) is 12.9 Å². The van der Waals surface area contributed by atoms with Crippen LogP contribution in [-0.4, -0.2) is 11.4 Å². The van der Waals surface area contributed by atoms with Crippen LogP contribution in [0.25, 0.3) is 0 Å². The Kier molecular flexibility index (Phi) is 3.38. The molecule has 1 heterocycles. The highest BCUT2D eigenvalue weighted by Gasteiger charge is 2.03. The highest BCUT2D eigenvalue weighted by atomic mass is 32.1. The molecule has 0 radical (unpaired) electrons. The minimum Gasteiger partial charge on any atom is -0.232 e. The second kappa shape index (κ2) is 4.33. The minimum atomic E-state index is -2.58. The molecule has 0 aliphatic heterocycles. The van der Waals surface area contributed by atoms with Gasteiger partial charge in [-0.15, -0.1) is 11.3 Å². The van der Waals surface area contributed by atoms with Gasteiger partial charge in [0, 0.05) is 11.3 Å². The zero-order chi connectivity index (χ0) is 9.84. The molecule has 0 saturated heterocycles. The lowest BCUT2D eigenvalue weighted by molar-refractivity contribution is 0.215. The van der Waals surface area contributed by atoms with Crippen LogP contribution in [-0.2, 0) is 0 Å². The number of aromatic nitrogens is 1. The Hall–Kier alpha value is -0.950. The van der Waals surface area contributed by atoms with Gasteiger partial charge in [-0.2, -0.15) is 8.78 Å². The molecule has 0 spiro atoms. The van der Waals surface area contributed by atoms with Gasteiger partial charge in [0.25, 0.3) is 6.43 Å². The molecular weight excluding hydrogens is 192 g/mol. The lowest BCUT2D eigenvalue weighted by Crippen LogP contribution is -1.86. The molecule has 0 fully saturated rings. The number of hydrogen-bond acceptors (Lipinski definition) is 2. The van der Waals surface area contributed by atoms with Gasteiger partial charge >= 0.3 is 0 Å². The average Bonchev–Trinajstić information content (AvgIpc) is 2.48. The average molecular weight is 201 g/mol. The van der Waals surface area contributed by atoms with Crippen molar-refractivity contribution in [3.05, 3.63) is 16.1 Å². The van der Waals surface area contributed by atoms with E-state index >= 15 is 0 Å². The van der Waals surface area contributed by atoms with Gasteiger partial charge < -0.3 is 0 Å². The Labute approximate surface area is 79.8 Å². The van der Waals surface area contributed by atoms with Gasteiger partial charge in [-0.25, -0.2) is 4.98 Å². The van der Waals surface area contributed by atoms with E-state index in [1.54, 1.807) is 11.3 Å². The third kappa shape index (κ3) is 3.11. The van der Waals surface area contributed by atoms with Crippen molar-refractivity contribution in [1.29, 1.82) is 0 Å². The van der Waals surface area contributed by atoms with Crippen LogP contribution in [0, 0.1) is 11.8 Å². The standard InChI is InChI=1S/C9H9F2NS/c1-6(2)9-12-7(5-13-9)3-4-8(10)11/h5-6,8H,1-2H3. The lowest BCUT2D eigenvalue weighted by atomic mass is 10.2. The maximum atomic E-state index is 11.7. The predicted molar refractivity (Wildman–Crippen MR) is 49.1 cm³/mol. The first-order chi connectivity index (χ1) is 6.09. The summed E-state index contributed by atoms with van der Waals surface area (Å²) in [7, 11) is 0. The third-order valence-electron chi connectivity index (χ3n) is 1.33. The first kappa shape index (κ1) is 10.1. The fourth-order valence-electron chi connectivity index (χ4n) is 0.739. The van der Waals surface area contributed by atoms with E-state index in [9.17, 15) is 8.78 Å². The monoisotopic (exact) mass is 201 g/mol. The van der Waals surface area contributed by atoms with E-state index in [0.29, 0.717) is 11.6 Å². The highest BCUT2D eigenvalue weighted by Crippen LogP contribution is 2.18. The van der Waals surface area contributed by atoms with Gasteiger partial charge in [-0.05, 0) is 11.8 Å². The van der Waals surface area contributed by atoms with Crippen LogP contribution in [0.5, 0.6) is 0 Å². The van der Waals surface area contributed by atoms with Gasteiger partial charge in [-0.3, -0.25) is 0 Å². The van der Waals surface area contributed by atoms with E-state index in [4.69, 9.17) is 0 Å². The molecule has 0 aliphatic rings. The van der Waals surface area contributed by atoms with Crippen molar-refractivity contribution in [2.45, 2.75) is 26.2 Å². The molecule has 1 rings (SSSR count). The summed E-state index contributed by atoms with van der Waals surface area (Å²) >= 11 is 1.45. The maximum absolute atomic E-state index is 11.7. The Bertz CT molecular complexity index is 333. The second-order valence-corrected chi connectivity index (χ2v) is 3.69. The molecule has 1 nitrogen and oxygen atoms in total. The van der Waals surface area contributed by atoms with Crippen LogP contribution < -0.4 is 0 Å². The number of thiazole rings is 1. The van der Waals surface area contributed by atoms with Crippen LogP contribution in [0.1, 0.15) is 30.5 Å². The summed E-state index contributed by atoms with van der Waals surface area (Å²) in [5.41, 5.74) is 0.439. The number of alkyl halides is 2. The fraction of sp³-hybridized carbons (Fsp3) is 0.444. The molecule has 0 N–H and O–H groups in total. The normalized spacial score (nSPS) is 10.3. The fourth-order valence-corrected chi connectivity index (χ4v) is 1.51.